The number of benzene rings is 1. The van der Waals surface area contributed by atoms with Crippen molar-refractivity contribution in [3.8, 4) is 0 Å². The first kappa shape index (κ1) is 12.9. The molecule has 0 bridgehead atoms. The molecule has 0 atom stereocenters. The summed E-state index contributed by atoms with van der Waals surface area (Å²) < 4.78 is 1.89. The molecule has 3 rings (SSSR count). The number of amides is 1. The number of fused-ring (bicyclic) bond motifs is 1. The van der Waals surface area contributed by atoms with E-state index in [0.717, 1.165) is 21.8 Å². The molecule has 1 aromatic carbocycles. The van der Waals surface area contributed by atoms with Crippen LogP contribution in [-0.4, -0.2) is 15.3 Å². The lowest BCUT2D eigenvalue weighted by Crippen LogP contribution is -2.13. The van der Waals surface area contributed by atoms with E-state index in [1.54, 1.807) is 17.5 Å². The maximum Gasteiger partial charge on any atom is 0.275 e. The van der Waals surface area contributed by atoms with Crippen molar-refractivity contribution in [1.82, 2.24) is 9.38 Å². The van der Waals surface area contributed by atoms with Crippen LogP contribution in [0.25, 0.3) is 4.96 Å². The second-order valence-corrected chi connectivity index (χ2v) is 6.07. The van der Waals surface area contributed by atoms with Crippen molar-refractivity contribution in [2.45, 2.75) is 20.8 Å². The predicted octanol–water partition coefficient (Wildman–Crippen LogP) is 3.57. The number of hydrogen-bond donors (Lipinski definition) is 1. The zero-order valence-corrected chi connectivity index (χ0v) is 12.4. The van der Waals surface area contributed by atoms with Crippen LogP contribution in [0.15, 0.2) is 30.6 Å². The topological polar surface area (TPSA) is 46.4 Å². The molecule has 1 N–H and O–H groups in total. The van der Waals surface area contributed by atoms with Crippen molar-refractivity contribution in [3.05, 3.63) is 52.3 Å². The Morgan fingerprint density at radius 1 is 1.25 bits per heavy atom. The monoisotopic (exact) mass is 285 g/mol. The Hall–Kier alpha value is -2.14. The Morgan fingerprint density at radius 2 is 2.05 bits per heavy atom. The van der Waals surface area contributed by atoms with Gasteiger partial charge in [0.15, 0.2) is 4.96 Å². The smallest absolute Gasteiger partial charge is 0.275 e. The van der Waals surface area contributed by atoms with Gasteiger partial charge in [0.05, 0.1) is 0 Å². The lowest BCUT2D eigenvalue weighted by molar-refractivity contribution is 0.102. The Balaban J connectivity index is 1.88. The van der Waals surface area contributed by atoms with Gasteiger partial charge >= 0.3 is 0 Å². The Morgan fingerprint density at radius 3 is 2.80 bits per heavy atom. The summed E-state index contributed by atoms with van der Waals surface area (Å²) in [5, 5.41) is 2.92. The number of aromatic nitrogens is 2. The molecule has 0 saturated carbocycles. The summed E-state index contributed by atoms with van der Waals surface area (Å²) in [6, 6.07) is 5.87. The maximum absolute atomic E-state index is 12.2. The highest BCUT2D eigenvalue weighted by Crippen LogP contribution is 2.20. The highest BCUT2D eigenvalue weighted by molar-refractivity contribution is 7.17. The van der Waals surface area contributed by atoms with Gasteiger partial charge in [-0.3, -0.25) is 9.20 Å². The normalized spacial score (nSPS) is 10.9. The Kier molecular flexibility index (Phi) is 3.06. The average Bonchev–Trinajstić information content (AvgIpc) is 2.92. The minimum Gasteiger partial charge on any atom is -0.320 e. The first-order chi connectivity index (χ1) is 9.54. The molecule has 0 aliphatic heterocycles. The summed E-state index contributed by atoms with van der Waals surface area (Å²) in [7, 11) is 0. The van der Waals surface area contributed by atoms with E-state index >= 15 is 0 Å². The molecular formula is C15H15N3OS. The van der Waals surface area contributed by atoms with Crippen molar-refractivity contribution in [3.63, 3.8) is 0 Å². The van der Waals surface area contributed by atoms with Crippen LogP contribution in [0.4, 0.5) is 5.69 Å². The number of nitrogens with zero attached hydrogens (tertiary/aromatic N) is 2. The van der Waals surface area contributed by atoms with Gasteiger partial charge < -0.3 is 5.32 Å². The van der Waals surface area contributed by atoms with Crippen LogP contribution in [0.2, 0.25) is 0 Å². The van der Waals surface area contributed by atoms with Gasteiger partial charge in [-0.1, -0.05) is 12.1 Å². The molecule has 102 valence electrons. The van der Waals surface area contributed by atoms with Crippen molar-refractivity contribution >= 4 is 27.9 Å². The van der Waals surface area contributed by atoms with Crippen molar-refractivity contribution in [2.75, 3.05) is 5.32 Å². The molecule has 0 unspecified atom stereocenters. The van der Waals surface area contributed by atoms with E-state index in [1.807, 2.05) is 49.6 Å². The lowest BCUT2D eigenvalue weighted by Gasteiger charge is -2.08. The minimum atomic E-state index is -0.174. The zero-order chi connectivity index (χ0) is 14.3. The molecule has 0 spiro atoms. The standard InChI is InChI=1S/C15H15N3OS/c1-9-5-4-6-12(11(9)3)16-14(19)13-8-18-7-10(2)20-15(18)17-13/h4-8H,1-3H3,(H,16,19). The van der Waals surface area contributed by atoms with E-state index in [1.165, 1.54) is 4.88 Å². The second kappa shape index (κ2) is 4.76. The number of hydrogen-bond acceptors (Lipinski definition) is 3. The predicted molar refractivity (Wildman–Crippen MR) is 81.7 cm³/mol. The van der Waals surface area contributed by atoms with Gasteiger partial charge in [-0.25, -0.2) is 4.98 Å². The first-order valence-corrected chi connectivity index (χ1v) is 7.19. The first-order valence-electron chi connectivity index (χ1n) is 6.37. The fourth-order valence-electron chi connectivity index (χ4n) is 2.09. The van der Waals surface area contributed by atoms with Gasteiger partial charge in [0.1, 0.15) is 5.69 Å². The van der Waals surface area contributed by atoms with E-state index in [9.17, 15) is 4.79 Å². The number of carbonyl (C=O) groups is 1. The molecule has 0 saturated heterocycles. The average molecular weight is 285 g/mol. The number of rotatable bonds is 2. The highest BCUT2D eigenvalue weighted by Gasteiger charge is 2.13. The fourth-order valence-corrected chi connectivity index (χ4v) is 2.90. The van der Waals surface area contributed by atoms with Crippen LogP contribution in [-0.2, 0) is 0 Å². The summed E-state index contributed by atoms with van der Waals surface area (Å²) in [5.41, 5.74) is 3.52. The van der Waals surface area contributed by atoms with Crippen LogP contribution in [0.5, 0.6) is 0 Å². The van der Waals surface area contributed by atoms with Gasteiger partial charge in [-0.05, 0) is 38.0 Å². The van der Waals surface area contributed by atoms with Crippen LogP contribution < -0.4 is 5.32 Å². The third kappa shape index (κ3) is 2.20. The van der Waals surface area contributed by atoms with Crippen molar-refractivity contribution in [2.24, 2.45) is 0 Å². The van der Waals surface area contributed by atoms with Crippen molar-refractivity contribution in [1.29, 1.82) is 0 Å². The summed E-state index contributed by atoms with van der Waals surface area (Å²) in [5.74, 6) is -0.174. The quantitative estimate of drug-likeness (QED) is 0.782. The van der Waals surface area contributed by atoms with Crippen LogP contribution >= 0.6 is 11.3 Å². The van der Waals surface area contributed by atoms with E-state index in [2.05, 4.69) is 10.3 Å². The number of carbonyl (C=O) groups excluding carboxylic acids is 1. The molecule has 5 heteroatoms. The molecular weight excluding hydrogens is 270 g/mol. The third-order valence-electron chi connectivity index (χ3n) is 3.36. The number of aryl methyl sites for hydroxylation is 2. The maximum atomic E-state index is 12.2. The molecule has 3 aromatic rings. The summed E-state index contributed by atoms with van der Waals surface area (Å²) in [6.07, 6.45) is 3.74. The van der Waals surface area contributed by atoms with E-state index < -0.39 is 0 Å². The number of nitrogens with one attached hydrogen (secondary N) is 1. The molecule has 0 fully saturated rings. The molecule has 0 aliphatic carbocycles. The fraction of sp³-hybridized carbons (Fsp3) is 0.200. The number of anilines is 1. The van der Waals surface area contributed by atoms with Crippen LogP contribution in [0, 0.1) is 20.8 Å². The molecule has 0 radical (unpaired) electrons. The van der Waals surface area contributed by atoms with Gasteiger partial charge in [0.2, 0.25) is 0 Å². The summed E-state index contributed by atoms with van der Waals surface area (Å²) >= 11 is 1.57. The molecule has 20 heavy (non-hydrogen) atoms. The van der Waals surface area contributed by atoms with E-state index in [4.69, 9.17) is 0 Å². The van der Waals surface area contributed by atoms with Crippen LogP contribution in [0.3, 0.4) is 0 Å². The van der Waals surface area contributed by atoms with Crippen LogP contribution in [0.1, 0.15) is 26.5 Å². The summed E-state index contributed by atoms with van der Waals surface area (Å²) in [6.45, 7) is 6.05. The Labute approximate surface area is 121 Å². The molecule has 0 aliphatic rings. The van der Waals surface area contributed by atoms with E-state index in [0.29, 0.717) is 5.69 Å². The second-order valence-electron chi connectivity index (χ2n) is 4.86. The number of thiazole rings is 1. The highest BCUT2D eigenvalue weighted by atomic mass is 32.1. The third-order valence-corrected chi connectivity index (χ3v) is 4.27. The van der Waals surface area contributed by atoms with Gasteiger partial charge in [0.25, 0.3) is 5.91 Å². The molecule has 2 aromatic heterocycles. The molecule has 1 amide bonds. The lowest BCUT2D eigenvalue weighted by atomic mass is 10.1. The molecule has 4 nitrogen and oxygen atoms in total. The SMILES string of the molecule is Cc1cn2cc(C(=O)Nc3cccc(C)c3C)nc2s1. The largest absolute Gasteiger partial charge is 0.320 e. The number of imidazole rings is 1. The Bertz CT molecular complexity index is 769. The van der Waals surface area contributed by atoms with Crippen molar-refractivity contribution < 1.29 is 4.79 Å². The minimum absolute atomic E-state index is 0.174. The van der Waals surface area contributed by atoms with Gasteiger partial charge in [-0.15, -0.1) is 11.3 Å². The van der Waals surface area contributed by atoms with Gasteiger partial charge in [0, 0.05) is 23.0 Å². The summed E-state index contributed by atoms with van der Waals surface area (Å²) in [4.78, 5) is 18.6. The van der Waals surface area contributed by atoms with E-state index in [-0.39, 0.29) is 5.91 Å². The molecule has 2 heterocycles. The zero-order valence-electron chi connectivity index (χ0n) is 11.6. The van der Waals surface area contributed by atoms with Gasteiger partial charge in [-0.2, -0.15) is 0 Å².